The second kappa shape index (κ2) is 4.27. The third kappa shape index (κ3) is 1.64. The second-order valence-corrected chi connectivity index (χ2v) is 3.22. The van der Waals surface area contributed by atoms with Crippen LogP contribution in [0.4, 0.5) is 17.6 Å². The molecule has 0 spiro atoms. The SMILES string of the molecule is COc1c(F)c(F)c(F)c(F)c1SCl. The minimum absolute atomic E-state index is 0.209. The molecule has 78 valence electrons. The van der Waals surface area contributed by atoms with Gasteiger partial charge in [-0.15, -0.1) is 0 Å². The standard InChI is InChI=1S/C7H3ClF4OS/c1-13-6-4(11)2(9)3(10)5(12)7(6)14-8/h1H3. The zero-order valence-corrected chi connectivity index (χ0v) is 8.28. The number of rotatable bonds is 2. The molecule has 0 atom stereocenters. The molecule has 0 heterocycles. The third-order valence-electron chi connectivity index (χ3n) is 1.46. The van der Waals surface area contributed by atoms with Gasteiger partial charge in [-0.1, -0.05) is 0 Å². The van der Waals surface area contributed by atoms with Gasteiger partial charge in [-0.3, -0.25) is 0 Å². The lowest BCUT2D eigenvalue weighted by molar-refractivity contribution is 0.330. The molecule has 0 aliphatic heterocycles. The van der Waals surface area contributed by atoms with Crippen LogP contribution in [-0.4, -0.2) is 7.11 Å². The fourth-order valence-corrected chi connectivity index (χ4v) is 1.66. The van der Waals surface area contributed by atoms with E-state index in [1.807, 2.05) is 0 Å². The number of benzene rings is 1. The molecule has 0 amide bonds. The Morgan fingerprint density at radius 2 is 1.50 bits per heavy atom. The van der Waals surface area contributed by atoms with Crippen LogP contribution in [0.5, 0.6) is 5.75 Å². The molecule has 1 rings (SSSR count). The maximum atomic E-state index is 12.9. The van der Waals surface area contributed by atoms with Gasteiger partial charge in [0.15, 0.2) is 17.4 Å². The van der Waals surface area contributed by atoms with Crippen LogP contribution in [-0.2, 0) is 0 Å². The lowest BCUT2D eigenvalue weighted by Crippen LogP contribution is -2.02. The Labute approximate surface area is 85.5 Å². The number of halogens is 5. The molecule has 0 N–H and O–H groups in total. The second-order valence-electron chi connectivity index (χ2n) is 2.20. The first kappa shape index (κ1) is 11.5. The van der Waals surface area contributed by atoms with Crippen LogP contribution in [0.25, 0.3) is 0 Å². The minimum Gasteiger partial charge on any atom is -0.492 e. The van der Waals surface area contributed by atoms with Crippen LogP contribution in [0.2, 0.25) is 0 Å². The molecular formula is C7H3ClF4OS. The number of hydrogen-bond acceptors (Lipinski definition) is 2. The van der Waals surface area contributed by atoms with Crippen molar-refractivity contribution in [3.8, 4) is 5.75 Å². The van der Waals surface area contributed by atoms with Crippen molar-refractivity contribution in [3.63, 3.8) is 0 Å². The summed E-state index contributed by atoms with van der Waals surface area (Å²) in [7, 11) is 6.35. The van der Waals surface area contributed by atoms with Crippen molar-refractivity contribution in [2.45, 2.75) is 4.90 Å². The Morgan fingerprint density at radius 1 is 1.00 bits per heavy atom. The van der Waals surface area contributed by atoms with Gasteiger partial charge in [0.2, 0.25) is 11.6 Å². The van der Waals surface area contributed by atoms with Crippen molar-refractivity contribution in [2.24, 2.45) is 0 Å². The first-order valence-corrected chi connectivity index (χ1v) is 4.87. The van der Waals surface area contributed by atoms with Gasteiger partial charge in [-0.05, 0) is 21.7 Å². The first-order valence-electron chi connectivity index (χ1n) is 3.23. The first-order chi connectivity index (χ1) is 6.54. The van der Waals surface area contributed by atoms with E-state index in [2.05, 4.69) is 4.74 Å². The van der Waals surface area contributed by atoms with Crippen molar-refractivity contribution in [1.82, 2.24) is 0 Å². The van der Waals surface area contributed by atoms with Gasteiger partial charge in [-0.2, -0.15) is 4.39 Å². The smallest absolute Gasteiger partial charge is 0.205 e. The van der Waals surface area contributed by atoms with Gasteiger partial charge < -0.3 is 4.74 Å². The van der Waals surface area contributed by atoms with Crippen molar-refractivity contribution in [1.29, 1.82) is 0 Å². The quantitative estimate of drug-likeness (QED) is 0.449. The normalized spacial score (nSPS) is 10.4. The van der Waals surface area contributed by atoms with Crippen molar-refractivity contribution >= 4 is 21.7 Å². The summed E-state index contributed by atoms with van der Waals surface area (Å²) >= 11 is 0. The highest BCUT2D eigenvalue weighted by Gasteiger charge is 2.26. The molecule has 0 unspecified atom stereocenters. The highest BCUT2D eigenvalue weighted by atomic mass is 35.7. The Kier molecular flexibility index (Phi) is 3.49. The number of methoxy groups -OCH3 is 1. The van der Waals surface area contributed by atoms with Gasteiger partial charge in [0.25, 0.3) is 0 Å². The summed E-state index contributed by atoms with van der Waals surface area (Å²) in [6, 6.07) is 0. The predicted octanol–water partition coefficient (Wildman–Crippen LogP) is 3.50. The molecule has 7 heteroatoms. The Morgan fingerprint density at radius 3 is 1.93 bits per heavy atom. The van der Waals surface area contributed by atoms with Gasteiger partial charge in [0, 0.05) is 0 Å². The van der Waals surface area contributed by atoms with E-state index >= 15 is 0 Å². The molecule has 0 bridgehead atoms. The molecule has 14 heavy (non-hydrogen) atoms. The maximum absolute atomic E-state index is 12.9. The highest BCUT2D eigenvalue weighted by molar-refractivity contribution is 8.21. The monoisotopic (exact) mass is 246 g/mol. The van der Waals surface area contributed by atoms with E-state index in [1.165, 1.54) is 0 Å². The van der Waals surface area contributed by atoms with Crippen LogP contribution < -0.4 is 4.74 Å². The zero-order valence-electron chi connectivity index (χ0n) is 6.71. The fraction of sp³-hybridized carbons (Fsp3) is 0.143. The summed E-state index contributed by atoms with van der Waals surface area (Å²) in [4.78, 5) is -0.620. The van der Waals surface area contributed by atoms with Crippen LogP contribution in [0.3, 0.4) is 0 Å². The van der Waals surface area contributed by atoms with Gasteiger partial charge in [0.1, 0.15) is 4.90 Å². The average molecular weight is 247 g/mol. The molecule has 0 saturated heterocycles. The van der Waals surface area contributed by atoms with Crippen LogP contribution in [0, 0.1) is 23.3 Å². The summed E-state index contributed by atoms with van der Waals surface area (Å²) in [6.45, 7) is 0. The van der Waals surface area contributed by atoms with Crippen LogP contribution >= 0.6 is 21.7 Å². The molecule has 0 radical (unpaired) electrons. The summed E-state index contributed by atoms with van der Waals surface area (Å²) < 4.78 is 55.5. The zero-order chi connectivity index (χ0) is 10.9. The molecular weight excluding hydrogens is 244 g/mol. The summed E-state index contributed by atoms with van der Waals surface area (Å²) in [5, 5.41) is 0. The largest absolute Gasteiger partial charge is 0.492 e. The molecule has 1 aromatic carbocycles. The van der Waals surface area contributed by atoms with E-state index in [9.17, 15) is 17.6 Å². The van der Waals surface area contributed by atoms with Gasteiger partial charge in [0.05, 0.1) is 7.11 Å². The average Bonchev–Trinajstić information content (AvgIpc) is 2.20. The summed E-state index contributed by atoms with van der Waals surface area (Å²) in [5.74, 6) is -7.75. The van der Waals surface area contributed by atoms with E-state index in [1.54, 1.807) is 0 Å². The molecule has 1 nitrogen and oxygen atoms in total. The molecule has 0 aromatic heterocycles. The predicted molar refractivity (Wildman–Crippen MR) is 44.5 cm³/mol. The van der Waals surface area contributed by atoms with Crippen molar-refractivity contribution < 1.29 is 22.3 Å². The molecule has 0 saturated carbocycles. The lowest BCUT2D eigenvalue weighted by Gasteiger charge is -2.08. The maximum Gasteiger partial charge on any atom is 0.205 e. The van der Waals surface area contributed by atoms with Crippen LogP contribution in [0.1, 0.15) is 0 Å². The molecule has 0 aliphatic rings. The summed E-state index contributed by atoms with van der Waals surface area (Å²) in [5.41, 5.74) is 0. The Balaban J connectivity index is 3.57. The van der Waals surface area contributed by atoms with Gasteiger partial charge >= 0.3 is 0 Å². The van der Waals surface area contributed by atoms with E-state index in [0.717, 1.165) is 7.11 Å². The van der Waals surface area contributed by atoms with Crippen molar-refractivity contribution in [3.05, 3.63) is 23.3 Å². The van der Waals surface area contributed by atoms with Crippen molar-refractivity contribution in [2.75, 3.05) is 7.11 Å². The number of hydrogen-bond donors (Lipinski definition) is 0. The number of ether oxygens (including phenoxy) is 1. The van der Waals surface area contributed by atoms with E-state index < -0.39 is 33.9 Å². The van der Waals surface area contributed by atoms with E-state index in [0.29, 0.717) is 0 Å². The van der Waals surface area contributed by atoms with E-state index in [4.69, 9.17) is 10.7 Å². The highest BCUT2D eigenvalue weighted by Crippen LogP contribution is 2.38. The van der Waals surface area contributed by atoms with Gasteiger partial charge in [-0.25, -0.2) is 13.2 Å². The molecule has 1 aromatic rings. The topological polar surface area (TPSA) is 9.23 Å². The lowest BCUT2D eigenvalue weighted by atomic mass is 10.3. The fourth-order valence-electron chi connectivity index (χ4n) is 0.843. The minimum atomic E-state index is -1.92. The van der Waals surface area contributed by atoms with E-state index in [-0.39, 0.29) is 11.0 Å². The summed E-state index contributed by atoms with van der Waals surface area (Å²) in [6.07, 6.45) is 0. The third-order valence-corrected chi connectivity index (χ3v) is 2.45. The Bertz CT molecular complexity index is 336. The Hall–Kier alpha value is -0.620. The molecule has 0 fully saturated rings. The van der Waals surface area contributed by atoms with Crippen LogP contribution in [0.15, 0.2) is 4.90 Å². The molecule has 0 aliphatic carbocycles.